The molecule has 1 aliphatic heterocycles. The summed E-state index contributed by atoms with van der Waals surface area (Å²) in [4.78, 5) is 6.27. The predicted molar refractivity (Wildman–Crippen MR) is 124 cm³/mol. The smallest absolute Gasteiger partial charge is 0.368 e. The Morgan fingerprint density at radius 3 is 2.64 bits per heavy atom. The van der Waals surface area contributed by atoms with Crippen LogP contribution in [-0.4, -0.2) is 22.7 Å². The minimum absolute atomic E-state index is 0.0729. The SMILES string of the molecule is CC(C)CCc1cccc(-c2noc(-c3ccc(N4CCCC[C@H]4C)c(C(F)(F)F)c3)n2)c1. The van der Waals surface area contributed by atoms with E-state index >= 15 is 0 Å². The van der Waals surface area contributed by atoms with Gasteiger partial charge in [-0.05, 0) is 74.8 Å². The average Bonchev–Trinajstić information content (AvgIpc) is 3.28. The van der Waals surface area contributed by atoms with Gasteiger partial charge in [0.15, 0.2) is 0 Å². The number of piperidine rings is 1. The normalized spacial score (nSPS) is 17.1. The van der Waals surface area contributed by atoms with Crippen molar-refractivity contribution in [2.45, 2.75) is 65.1 Å². The van der Waals surface area contributed by atoms with Gasteiger partial charge in [0.25, 0.3) is 5.89 Å². The lowest BCUT2D eigenvalue weighted by Gasteiger charge is -2.37. The van der Waals surface area contributed by atoms with E-state index in [1.54, 1.807) is 6.07 Å². The zero-order chi connectivity index (χ0) is 23.6. The fraction of sp³-hybridized carbons (Fsp3) is 0.462. The molecule has 4 nitrogen and oxygen atoms in total. The van der Waals surface area contributed by atoms with Crippen LogP contribution >= 0.6 is 0 Å². The lowest BCUT2D eigenvalue weighted by molar-refractivity contribution is -0.137. The van der Waals surface area contributed by atoms with Gasteiger partial charge in [0.05, 0.1) is 5.56 Å². The zero-order valence-corrected chi connectivity index (χ0v) is 19.3. The van der Waals surface area contributed by atoms with Crippen LogP contribution < -0.4 is 4.90 Å². The molecule has 3 aromatic rings. The average molecular weight is 458 g/mol. The summed E-state index contributed by atoms with van der Waals surface area (Å²) in [6.07, 6.45) is 0.371. The van der Waals surface area contributed by atoms with Crippen molar-refractivity contribution in [2.24, 2.45) is 5.92 Å². The van der Waals surface area contributed by atoms with Gasteiger partial charge in [-0.3, -0.25) is 0 Å². The van der Waals surface area contributed by atoms with Gasteiger partial charge in [-0.25, -0.2) is 0 Å². The molecule has 0 radical (unpaired) electrons. The largest absolute Gasteiger partial charge is 0.418 e. The number of nitrogens with zero attached hydrogens (tertiary/aromatic N) is 3. The molecule has 1 saturated heterocycles. The molecule has 1 fully saturated rings. The van der Waals surface area contributed by atoms with Gasteiger partial charge in [0, 0.05) is 29.4 Å². The molecule has 2 heterocycles. The Labute approximate surface area is 192 Å². The molecule has 4 rings (SSSR count). The fourth-order valence-electron chi connectivity index (χ4n) is 4.38. The van der Waals surface area contributed by atoms with Crippen LogP contribution in [0.4, 0.5) is 18.9 Å². The number of anilines is 1. The molecule has 176 valence electrons. The van der Waals surface area contributed by atoms with Crippen LogP contribution in [0, 0.1) is 5.92 Å². The first-order valence-corrected chi connectivity index (χ1v) is 11.6. The van der Waals surface area contributed by atoms with Crippen molar-refractivity contribution >= 4 is 5.69 Å². The van der Waals surface area contributed by atoms with E-state index in [-0.39, 0.29) is 23.2 Å². The Balaban J connectivity index is 1.64. The molecule has 0 N–H and O–H groups in total. The number of alkyl halides is 3. The maximum absolute atomic E-state index is 14.0. The van der Waals surface area contributed by atoms with Gasteiger partial charge in [0.2, 0.25) is 5.82 Å². The number of halogens is 3. The van der Waals surface area contributed by atoms with Gasteiger partial charge < -0.3 is 9.42 Å². The van der Waals surface area contributed by atoms with Crippen molar-refractivity contribution in [3.63, 3.8) is 0 Å². The van der Waals surface area contributed by atoms with Crippen LogP contribution in [0.5, 0.6) is 0 Å². The number of hydrogen-bond donors (Lipinski definition) is 0. The van der Waals surface area contributed by atoms with E-state index in [4.69, 9.17) is 4.52 Å². The standard InChI is InChI=1S/C26H30F3N3O/c1-17(2)10-11-19-8-6-9-20(15-19)24-30-25(33-31-24)21-12-13-23(22(16-21)26(27,28)29)32-14-5-4-7-18(32)3/h6,8-9,12-13,15-18H,4-5,7,10-11,14H2,1-3H3/t18-/m1/s1. The molecule has 1 aliphatic rings. The molecular formula is C26H30F3N3O. The van der Waals surface area contributed by atoms with E-state index < -0.39 is 11.7 Å². The maximum atomic E-state index is 14.0. The molecule has 0 bridgehead atoms. The van der Waals surface area contributed by atoms with Crippen LogP contribution in [0.1, 0.15) is 57.6 Å². The third-order valence-corrected chi connectivity index (χ3v) is 6.28. The Hall–Kier alpha value is -2.83. The van der Waals surface area contributed by atoms with Crippen molar-refractivity contribution in [3.05, 3.63) is 53.6 Å². The Kier molecular flexibility index (Phi) is 6.77. The Morgan fingerprint density at radius 2 is 1.91 bits per heavy atom. The maximum Gasteiger partial charge on any atom is 0.418 e. The summed E-state index contributed by atoms with van der Waals surface area (Å²) in [5, 5.41) is 4.04. The van der Waals surface area contributed by atoms with E-state index in [1.807, 2.05) is 30.0 Å². The van der Waals surface area contributed by atoms with Crippen molar-refractivity contribution in [3.8, 4) is 22.8 Å². The first kappa shape index (κ1) is 23.3. The van der Waals surface area contributed by atoms with Crippen LogP contribution in [0.3, 0.4) is 0 Å². The minimum Gasteiger partial charge on any atom is -0.368 e. The molecule has 7 heteroatoms. The third kappa shape index (κ3) is 5.40. The number of benzene rings is 2. The van der Waals surface area contributed by atoms with Crippen molar-refractivity contribution < 1.29 is 17.7 Å². The van der Waals surface area contributed by atoms with E-state index in [0.717, 1.165) is 43.7 Å². The molecule has 2 aromatic carbocycles. The topological polar surface area (TPSA) is 42.2 Å². The molecule has 1 atom stereocenters. The van der Waals surface area contributed by atoms with E-state index in [9.17, 15) is 13.2 Å². The fourth-order valence-corrected chi connectivity index (χ4v) is 4.38. The van der Waals surface area contributed by atoms with Gasteiger partial charge >= 0.3 is 6.18 Å². The number of hydrogen-bond acceptors (Lipinski definition) is 4. The molecule has 0 saturated carbocycles. The number of rotatable bonds is 6. The predicted octanol–water partition coefficient (Wildman–Crippen LogP) is 7.39. The van der Waals surface area contributed by atoms with Crippen LogP contribution in [0.2, 0.25) is 0 Å². The van der Waals surface area contributed by atoms with Crippen LogP contribution in [-0.2, 0) is 12.6 Å². The summed E-state index contributed by atoms with van der Waals surface area (Å²) >= 11 is 0. The first-order valence-electron chi connectivity index (χ1n) is 11.6. The summed E-state index contributed by atoms with van der Waals surface area (Å²) in [6, 6.07) is 12.3. The summed E-state index contributed by atoms with van der Waals surface area (Å²) in [5.74, 6) is 1.06. The second kappa shape index (κ2) is 9.57. The van der Waals surface area contributed by atoms with Crippen LogP contribution in [0.25, 0.3) is 22.8 Å². The van der Waals surface area contributed by atoms with Crippen molar-refractivity contribution in [1.29, 1.82) is 0 Å². The Morgan fingerprint density at radius 1 is 1.09 bits per heavy atom. The second-order valence-electron chi connectivity index (χ2n) is 9.32. The molecule has 0 aliphatic carbocycles. The molecule has 0 spiro atoms. The summed E-state index contributed by atoms with van der Waals surface area (Å²) in [6.45, 7) is 6.97. The second-order valence-corrected chi connectivity index (χ2v) is 9.32. The molecular weight excluding hydrogens is 427 g/mol. The van der Waals surface area contributed by atoms with E-state index in [0.29, 0.717) is 18.3 Å². The van der Waals surface area contributed by atoms with Crippen molar-refractivity contribution in [2.75, 3.05) is 11.4 Å². The first-order chi connectivity index (χ1) is 15.7. The molecule has 1 aromatic heterocycles. The monoisotopic (exact) mass is 457 g/mol. The minimum atomic E-state index is -4.48. The van der Waals surface area contributed by atoms with Gasteiger partial charge in [0.1, 0.15) is 0 Å². The summed E-state index contributed by atoms with van der Waals surface area (Å²) in [5.41, 5.74) is 1.79. The summed E-state index contributed by atoms with van der Waals surface area (Å²) < 4.78 is 47.3. The lowest BCUT2D eigenvalue weighted by Crippen LogP contribution is -2.38. The van der Waals surface area contributed by atoms with Gasteiger partial charge in [-0.1, -0.05) is 37.2 Å². The highest BCUT2D eigenvalue weighted by Gasteiger charge is 2.37. The van der Waals surface area contributed by atoms with Crippen molar-refractivity contribution in [1.82, 2.24) is 10.1 Å². The van der Waals surface area contributed by atoms with Gasteiger partial charge in [-0.15, -0.1) is 0 Å². The highest BCUT2D eigenvalue weighted by molar-refractivity contribution is 5.67. The molecule has 33 heavy (non-hydrogen) atoms. The lowest BCUT2D eigenvalue weighted by atomic mass is 9.99. The Bertz CT molecular complexity index is 1090. The highest BCUT2D eigenvalue weighted by atomic mass is 19.4. The zero-order valence-electron chi connectivity index (χ0n) is 19.3. The number of aromatic nitrogens is 2. The van der Waals surface area contributed by atoms with E-state index in [2.05, 4.69) is 30.1 Å². The van der Waals surface area contributed by atoms with Gasteiger partial charge in [-0.2, -0.15) is 18.2 Å². The number of aryl methyl sites for hydroxylation is 1. The highest BCUT2D eigenvalue weighted by Crippen LogP contribution is 2.41. The molecule has 0 unspecified atom stereocenters. The summed E-state index contributed by atoms with van der Waals surface area (Å²) in [7, 11) is 0. The third-order valence-electron chi connectivity index (χ3n) is 6.28. The molecule has 0 amide bonds. The van der Waals surface area contributed by atoms with E-state index in [1.165, 1.54) is 11.6 Å². The van der Waals surface area contributed by atoms with Crippen LogP contribution in [0.15, 0.2) is 47.0 Å². The quantitative estimate of drug-likeness (QED) is 0.387.